The Balaban J connectivity index is 1.07. The zero-order valence-electron chi connectivity index (χ0n) is 33.9. The van der Waals surface area contributed by atoms with Crippen LogP contribution in [0, 0.1) is 0 Å². The van der Waals surface area contributed by atoms with Crippen LogP contribution in [0.25, 0.3) is 126 Å². The lowest BCUT2D eigenvalue weighted by Gasteiger charge is -2.14. The van der Waals surface area contributed by atoms with Gasteiger partial charge in [-0.15, -0.1) is 0 Å². The molecule has 5 nitrogen and oxygen atoms in total. The topological polar surface area (TPSA) is 40.6 Å². The molecule has 0 spiro atoms. The van der Waals surface area contributed by atoms with Gasteiger partial charge in [-0.05, 0) is 101 Å². The first-order valence-corrected chi connectivity index (χ1v) is 21.5. The Kier molecular flexibility index (Phi) is 7.05. The second-order valence-electron chi connectivity index (χ2n) is 16.6. The molecule has 292 valence electrons. The first-order chi connectivity index (χ1) is 31.3. The van der Waals surface area contributed by atoms with Crippen LogP contribution < -0.4 is 0 Å². The molecule has 4 aromatic heterocycles. The van der Waals surface area contributed by atoms with Crippen molar-refractivity contribution in [1.29, 1.82) is 0 Å². The summed E-state index contributed by atoms with van der Waals surface area (Å²) in [5.74, 6) is 0. The van der Waals surface area contributed by atoms with Gasteiger partial charge in [0, 0.05) is 72.5 Å². The molecule has 0 saturated carbocycles. The standard InChI is InChI=1S/C58H35N5/c1-2-12-36(13-3-1)37-22-26-45-47(32-37)48-33-38(23-27-46(48)58-57(45)59-30-31-60-58)63-55-28-24-39(61-51-18-8-4-14-41(51)42-15-5-9-19-52(42)61)34-49(55)50-35-40(25-29-56(50)63)62-53-20-10-6-16-43(53)44-17-7-11-21-54(44)62/h1-35H. The smallest absolute Gasteiger partial charge is 0.0971 e. The molecular formula is C58H35N5. The number of hydrogen-bond donors (Lipinski definition) is 0. The van der Waals surface area contributed by atoms with Gasteiger partial charge >= 0.3 is 0 Å². The lowest BCUT2D eigenvalue weighted by Crippen LogP contribution is -1.97. The van der Waals surface area contributed by atoms with Crippen LogP contribution in [-0.4, -0.2) is 23.7 Å². The number of aromatic nitrogens is 5. The minimum Gasteiger partial charge on any atom is -0.309 e. The maximum absolute atomic E-state index is 4.91. The highest BCUT2D eigenvalue weighted by atomic mass is 15.0. The van der Waals surface area contributed by atoms with E-state index in [2.05, 4.69) is 214 Å². The van der Waals surface area contributed by atoms with Crippen LogP contribution in [0.15, 0.2) is 213 Å². The third kappa shape index (κ3) is 4.87. The number of rotatable bonds is 4. The van der Waals surface area contributed by atoms with Gasteiger partial charge in [-0.25, -0.2) is 0 Å². The van der Waals surface area contributed by atoms with Gasteiger partial charge in [-0.1, -0.05) is 121 Å². The molecule has 4 heterocycles. The maximum atomic E-state index is 4.91. The van der Waals surface area contributed by atoms with Crippen molar-refractivity contribution in [2.24, 2.45) is 0 Å². The fourth-order valence-electron chi connectivity index (χ4n) is 10.6. The molecule has 0 saturated heterocycles. The molecule has 0 aliphatic rings. The van der Waals surface area contributed by atoms with Gasteiger partial charge in [0.15, 0.2) is 0 Å². The van der Waals surface area contributed by atoms with Gasteiger partial charge < -0.3 is 13.7 Å². The Morgan fingerprint density at radius 2 is 0.603 bits per heavy atom. The molecule has 0 N–H and O–H groups in total. The quantitative estimate of drug-likeness (QED) is 0.166. The Hall–Kier alpha value is -8.54. The van der Waals surface area contributed by atoms with Gasteiger partial charge in [0.05, 0.1) is 44.1 Å². The second kappa shape index (κ2) is 13.0. The Bertz CT molecular complexity index is 3930. The number of benzene rings is 10. The van der Waals surface area contributed by atoms with Crippen LogP contribution in [0.2, 0.25) is 0 Å². The average Bonchev–Trinajstić information content (AvgIpc) is 3.99. The van der Waals surface area contributed by atoms with Crippen LogP contribution in [0.4, 0.5) is 0 Å². The molecular weight excluding hydrogens is 767 g/mol. The van der Waals surface area contributed by atoms with E-state index in [0.717, 1.165) is 60.7 Å². The minimum absolute atomic E-state index is 0.910. The highest BCUT2D eigenvalue weighted by Gasteiger charge is 2.20. The van der Waals surface area contributed by atoms with Crippen molar-refractivity contribution in [3.8, 4) is 28.2 Å². The van der Waals surface area contributed by atoms with Gasteiger partial charge in [-0.3, -0.25) is 9.97 Å². The van der Waals surface area contributed by atoms with Crippen molar-refractivity contribution in [2.75, 3.05) is 0 Å². The Morgan fingerprint density at radius 3 is 1.08 bits per heavy atom. The van der Waals surface area contributed by atoms with Crippen molar-refractivity contribution < 1.29 is 0 Å². The SMILES string of the molecule is c1ccc(-c2ccc3c(c2)c2cc(-n4c5ccc(-n6c7ccccc7c7ccccc76)cc5c5cc(-n6c7ccccc7c7ccccc76)ccc54)ccc2c2nccnc32)cc1. The summed E-state index contributed by atoms with van der Waals surface area (Å²) < 4.78 is 7.29. The summed E-state index contributed by atoms with van der Waals surface area (Å²) in [4.78, 5) is 9.79. The normalized spacial score (nSPS) is 12.1. The fraction of sp³-hybridized carbons (Fsp3) is 0. The number of para-hydroxylation sites is 4. The summed E-state index contributed by atoms with van der Waals surface area (Å²) in [5.41, 5.74) is 14.6. The fourth-order valence-corrected chi connectivity index (χ4v) is 10.6. The van der Waals surface area contributed by atoms with Crippen molar-refractivity contribution in [1.82, 2.24) is 23.7 Å². The van der Waals surface area contributed by atoms with E-state index in [1.54, 1.807) is 12.4 Å². The van der Waals surface area contributed by atoms with E-state index in [1.807, 2.05) is 0 Å². The van der Waals surface area contributed by atoms with Gasteiger partial charge in [-0.2, -0.15) is 0 Å². The van der Waals surface area contributed by atoms with E-state index < -0.39 is 0 Å². The third-order valence-corrected chi connectivity index (χ3v) is 13.3. The van der Waals surface area contributed by atoms with Crippen LogP contribution in [0.5, 0.6) is 0 Å². The summed E-state index contributed by atoms with van der Waals surface area (Å²) in [5, 5.41) is 11.9. The second-order valence-corrected chi connectivity index (χ2v) is 16.6. The zero-order chi connectivity index (χ0) is 41.2. The van der Waals surface area contributed by atoms with Crippen LogP contribution in [0.3, 0.4) is 0 Å². The number of hydrogen-bond acceptors (Lipinski definition) is 2. The summed E-state index contributed by atoms with van der Waals surface area (Å²) >= 11 is 0. The summed E-state index contributed by atoms with van der Waals surface area (Å²) in [6.07, 6.45) is 3.60. The highest BCUT2D eigenvalue weighted by molar-refractivity contribution is 6.24. The van der Waals surface area contributed by atoms with E-state index in [9.17, 15) is 0 Å². The third-order valence-electron chi connectivity index (χ3n) is 13.3. The van der Waals surface area contributed by atoms with E-state index in [4.69, 9.17) is 9.97 Å². The molecule has 0 bridgehead atoms. The van der Waals surface area contributed by atoms with E-state index in [-0.39, 0.29) is 0 Å². The van der Waals surface area contributed by atoms with Gasteiger partial charge in [0.2, 0.25) is 0 Å². The number of nitrogens with zero attached hydrogens (tertiary/aromatic N) is 5. The summed E-state index contributed by atoms with van der Waals surface area (Å²) in [6, 6.07) is 73.2. The predicted octanol–water partition coefficient (Wildman–Crippen LogP) is 14.9. The van der Waals surface area contributed by atoms with Gasteiger partial charge in [0.1, 0.15) is 0 Å². The molecule has 0 aliphatic carbocycles. The van der Waals surface area contributed by atoms with Crippen molar-refractivity contribution in [3.05, 3.63) is 213 Å². The summed E-state index contributed by atoms with van der Waals surface area (Å²) in [7, 11) is 0. The molecule has 0 unspecified atom stereocenters. The number of fused-ring (bicyclic) bond motifs is 15. The van der Waals surface area contributed by atoms with Crippen LogP contribution >= 0.6 is 0 Å². The van der Waals surface area contributed by atoms with E-state index in [1.165, 1.54) is 65.5 Å². The van der Waals surface area contributed by atoms with Crippen molar-refractivity contribution in [3.63, 3.8) is 0 Å². The lowest BCUT2D eigenvalue weighted by molar-refractivity contribution is 1.16. The molecule has 63 heavy (non-hydrogen) atoms. The Labute approximate surface area is 360 Å². The lowest BCUT2D eigenvalue weighted by atomic mass is 9.95. The molecule has 14 aromatic rings. The first-order valence-electron chi connectivity index (χ1n) is 21.5. The molecule has 14 rings (SSSR count). The molecule has 0 radical (unpaired) electrons. The molecule has 0 aliphatic heterocycles. The monoisotopic (exact) mass is 801 g/mol. The zero-order valence-corrected chi connectivity index (χ0v) is 33.9. The summed E-state index contributed by atoms with van der Waals surface area (Å²) in [6.45, 7) is 0. The van der Waals surface area contributed by atoms with Crippen LogP contribution in [-0.2, 0) is 0 Å². The van der Waals surface area contributed by atoms with E-state index in [0.29, 0.717) is 0 Å². The predicted molar refractivity (Wildman–Crippen MR) is 263 cm³/mol. The molecule has 0 fully saturated rings. The Morgan fingerprint density at radius 1 is 0.238 bits per heavy atom. The largest absolute Gasteiger partial charge is 0.309 e. The average molecular weight is 802 g/mol. The highest BCUT2D eigenvalue weighted by Crippen LogP contribution is 2.42. The van der Waals surface area contributed by atoms with Crippen molar-refractivity contribution in [2.45, 2.75) is 0 Å². The van der Waals surface area contributed by atoms with Crippen molar-refractivity contribution >= 4 is 98.0 Å². The maximum Gasteiger partial charge on any atom is 0.0971 e. The molecule has 5 heteroatoms. The molecule has 0 atom stereocenters. The molecule has 10 aromatic carbocycles. The van der Waals surface area contributed by atoms with E-state index >= 15 is 0 Å². The van der Waals surface area contributed by atoms with Gasteiger partial charge in [0.25, 0.3) is 0 Å². The first kappa shape index (κ1) is 34.2. The van der Waals surface area contributed by atoms with Crippen LogP contribution in [0.1, 0.15) is 0 Å². The minimum atomic E-state index is 0.910. The molecule has 0 amide bonds.